The maximum absolute atomic E-state index is 12.8. The molecule has 2 heterocycles. The average Bonchev–Trinajstić information content (AvgIpc) is 3.36. The highest BCUT2D eigenvalue weighted by Crippen LogP contribution is 2.37. The summed E-state index contributed by atoms with van der Waals surface area (Å²) in [5, 5.41) is 0. The topological polar surface area (TPSA) is 105 Å². The number of aromatic nitrogens is 1. The molecule has 0 aliphatic carbocycles. The lowest BCUT2D eigenvalue weighted by Crippen LogP contribution is -2.23. The molecule has 1 aliphatic rings. The highest BCUT2D eigenvalue weighted by atomic mass is 32.1. The molecule has 1 aliphatic heterocycles. The Morgan fingerprint density at radius 1 is 1.10 bits per heavy atom. The lowest BCUT2D eigenvalue weighted by atomic mass is 10.1. The van der Waals surface area contributed by atoms with E-state index in [0.29, 0.717) is 32.9 Å². The predicted octanol–water partition coefficient (Wildman–Crippen LogP) is 2.52. The number of hydrogen-bond donors (Lipinski definition) is 0. The quantitative estimate of drug-likeness (QED) is 0.559. The molecule has 0 fully saturated rings. The molecule has 1 amide bonds. The predicted molar refractivity (Wildman–Crippen MR) is 110 cm³/mol. The van der Waals surface area contributed by atoms with E-state index in [4.69, 9.17) is 14.2 Å². The number of fused-ring (bicyclic) bond motifs is 2. The summed E-state index contributed by atoms with van der Waals surface area (Å²) in [6.45, 7) is 1.98. The molecule has 0 spiro atoms. The van der Waals surface area contributed by atoms with E-state index in [1.807, 2.05) is 0 Å². The van der Waals surface area contributed by atoms with Crippen molar-refractivity contribution in [2.45, 2.75) is 13.5 Å². The highest BCUT2D eigenvalue weighted by molar-refractivity contribution is 7.16. The van der Waals surface area contributed by atoms with Crippen molar-refractivity contribution in [1.82, 2.24) is 4.57 Å². The molecular weight excluding hydrogens is 424 g/mol. The van der Waals surface area contributed by atoms with Gasteiger partial charge in [-0.15, -0.1) is 0 Å². The molecule has 0 unspecified atom stereocenters. The molecule has 160 valence electrons. The van der Waals surface area contributed by atoms with E-state index in [0.717, 1.165) is 4.70 Å². The lowest BCUT2D eigenvalue weighted by molar-refractivity contribution is -0.143. The molecule has 1 aromatic heterocycles. The first-order valence-corrected chi connectivity index (χ1v) is 10.2. The van der Waals surface area contributed by atoms with Crippen molar-refractivity contribution in [1.29, 1.82) is 0 Å². The van der Waals surface area contributed by atoms with Gasteiger partial charge in [0.15, 0.2) is 16.3 Å². The Balaban J connectivity index is 1.76. The number of nitrogens with zero attached hydrogens (tertiary/aromatic N) is 2. The van der Waals surface area contributed by atoms with Gasteiger partial charge in [-0.25, -0.2) is 4.79 Å². The standard InChI is InChI=1S/C21H18N2O7S/c1-3-28-18(24)10-23-14-8-15-16(30-11-29-15)9-17(14)31-21(23)22-19(25)12-4-6-13(7-5-12)20(26)27-2/h4-9H,3,10-11H2,1-2H3. The minimum absolute atomic E-state index is 0.110. The normalized spacial score (nSPS) is 12.8. The van der Waals surface area contributed by atoms with Crippen molar-refractivity contribution < 1.29 is 33.3 Å². The molecule has 31 heavy (non-hydrogen) atoms. The summed E-state index contributed by atoms with van der Waals surface area (Å²) >= 11 is 1.24. The number of methoxy groups -OCH3 is 1. The van der Waals surface area contributed by atoms with Gasteiger partial charge in [0.05, 0.1) is 29.5 Å². The second-order valence-corrected chi connectivity index (χ2v) is 7.44. The highest BCUT2D eigenvalue weighted by Gasteiger charge is 2.19. The number of amides is 1. The van der Waals surface area contributed by atoms with Crippen LogP contribution in [0.1, 0.15) is 27.6 Å². The molecular formula is C21H18N2O7S. The van der Waals surface area contributed by atoms with Crippen LogP contribution in [0.2, 0.25) is 0 Å². The van der Waals surface area contributed by atoms with Gasteiger partial charge in [-0.05, 0) is 31.2 Å². The van der Waals surface area contributed by atoms with Crippen molar-refractivity contribution in [3.63, 3.8) is 0 Å². The van der Waals surface area contributed by atoms with Gasteiger partial charge in [-0.1, -0.05) is 11.3 Å². The first-order chi connectivity index (χ1) is 15.0. The molecule has 0 saturated heterocycles. The molecule has 9 nitrogen and oxygen atoms in total. The van der Waals surface area contributed by atoms with Crippen molar-refractivity contribution in [2.24, 2.45) is 4.99 Å². The van der Waals surface area contributed by atoms with Crippen LogP contribution in [0.15, 0.2) is 41.4 Å². The fourth-order valence-corrected chi connectivity index (χ4v) is 4.09. The third-order valence-electron chi connectivity index (χ3n) is 4.52. The Morgan fingerprint density at radius 3 is 2.45 bits per heavy atom. The van der Waals surface area contributed by atoms with E-state index in [9.17, 15) is 14.4 Å². The summed E-state index contributed by atoms with van der Waals surface area (Å²) in [5.41, 5.74) is 1.30. The largest absolute Gasteiger partial charge is 0.465 e. The zero-order valence-corrected chi connectivity index (χ0v) is 17.6. The fourth-order valence-electron chi connectivity index (χ4n) is 3.05. The Hall–Kier alpha value is -3.66. The van der Waals surface area contributed by atoms with Gasteiger partial charge in [-0.2, -0.15) is 4.99 Å². The van der Waals surface area contributed by atoms with Gasteiger partial charge in [0.2, 0.25) is 6.79 Å². The van der Waals surface area contributed by atoms with Crippen LogP contribution in [0, 0.1) is 0 Å². The number of benzene rings is 2. The second-order valence-electron chi connectivity index (χ2n) is 6.43. The van der Waals surface area contributed by atoms with Crippen LogP contribution < -0.4 is 14.3 Å². The number of rotatable bonds is 5. The maximum atomic E-state index is 12.8. The molecule has 3 aromatic rings. The average molecular weight is 442 g/mol. The molecule has 4 rings (SSSR count). The van der Waals surface area contributed by atoms with Gasteiger partial charge in [0, 0.05) is 17.7 Å². The smallest absolute Gasteiger partial charge is 0.337 e. The molecule has 0 atom stereocenters. The van der Waals surface area contributed by atoms with E-state index in [-0.39, 0.29) is 19.9 Å². The maximum Gasteiger partial charge on any atom is 0.337 e. The van der Waals surface area contributed by atoms with Crippen LogP contribution in [0.25, 0.3) is 10.2 Å². The van der Waals surface area contributed by atoms with Crippen LogP contribution in [0.5, 0.6) is 11.5 Å². The molecule has 0 saturated carbocycles. The Morgan fingerprint density at radius 2 is 1.77 bits per heavy atom. The van der Waals surface area contributed by atoms with Gasteiger partial charge < -0.3 is 23.5 Å². The van der Waals surface area contributed by atoms with Crippen molar-refractivity contribution in [3.05, 3.63) is 52.3 Å². The summed E-state index contributed by atoms with van der Waals surface area (Å²) in [6.07, 6.45) is 0. The number of hydrogen-bond acceptors (Lipinski definition) is 8. The second kappa shape index (κ2) is 8.60. The summed E-state index contributed by atoms with van der Waals surface area (Å²) in [5.74, 6) is -0.311. The van der Waals surface area contributed by atoms with E-state index in [1.54, 1.807) is 23.6 Å². The zero-order chi connectivity index (χ0) is 22.0. The zero-order valence-electron chi connectivity index (χ0n) is 16.7. The number of esters is 2. The van der Waals surface area contributed by atoms with Crippen LogP contribution >= 0.6 is 11.3 Å². The first kappa shape index (κ1) is 20.6. The number of ether oxygens (including phenoxy) is 4. The van der Waals surface area contributed by atoms with Crippen LogP contribution in [0.4, 0.5) is 0 Å². The number of carbonyl (C=O) groups excluding carboxylic acids is 3. The summed E-state index contributed by atoms with van der Waals surface area (Å²) < 4.78 is 23.0. The van der Waals surface area contributed by atoms with Gasteiger partial charge >= 0.3 is 11.9 Å². The van der Waals surface area contributed by atoms with Crippen molar-refractivity contribution in [3.8, 4) is 11.5 Å². The minimum Gasteiger partial charge on any atom is -0.465 e. The Bertz CT molecular complexity index is 1240. The number of thiazole rings is 1. The number of carbonyl (C=O) groups is 3. The lowest BCUT2D eigenvalue weighted by Gasteiger charge is -2.05. The third-order valence-corrected chi connectivity index (χ3v) is 5.56. The molecule has 10 heteroatoms. The van der Waals surface area contributed by atoms with Crippen LogP contribution in [-0.4, -0.2) is 42.9 Å². The SMILES string of the molecule is CCOC(=O)Cn1c(=NC(=O)c2ccc(C(=O)OC)cc2)sc2cc3c(cc21)OCO3. The molecule has 0 N–H and O–H groups in total. The van der Waals surface area contributed by atoms with Gasteiger partial charge in [0.25, 0.3) is 5.91 Å². The van der Waals surface area contributed by atoms with Crippen molar-refractivity contribution in [2.75, 3.05) is 20.5 Å². The Labute approximate surface area is 180 Å². The molecule has 0 bridgehead atoms. The van der Waals surface area contributed by atoms with E-state index >= 15 is 0 Å². The summed E-state index contributed by atoms with van der Waals surface area (Å²) in [7, 11) is 1.28. The van der Waals surface area contributed by atoms with Crippen molar-refractivity contribution >= 4 is 39.4 Å². The fraction of sp³-hybridized carbons (Fsp3) is 0.238. The Kier molecular flexibility index (Phi) is 5.72. The first-order valence-electron chi connectivity index (χ1n) is 9.36. The van der Waals surface area contributed by atoms with Gasteiger partial charge in [0.1, 0.15) is 6.54 Å². The summed E-state index contributed by atoms with van der Waals surface area (Å²) in [4.78, 5) is 41.0. The van der Waals surface area contributed by atoms with Crippen LogP contribution in [0.3, 0.4) is 0 Å². The van der Waals surface area contributed by atoms with E-state index in [1.165, 1.54) is 42.7 Å². The molecule has 2 aromatic carbocycles. The van der Waals surface area contributed by atoms with E-state index < -0.39 is 17.8 Å². The minimum atomic E-state index is -0.513. The van der Waals surface area contributed by atoms with E-state index in [2.05, 4.69) is 9.73 Å². The molecule has 0 radical (unpaired) electrons. The van der Waals surface area contributed by atoms with Gasteiger partial charge in [-0.3, -0.25) is 9.59 Å². The van der Waals surface area contributed by atoms with Crippen LogP contribution in [-0.2, 0) is 20.8 Å². The summed E-state index contributed by atoms with van der Waals surface area (Å²) in [6, 6.07) is 9.52. The third kappa shape index (κ3) is 4.15. The monoisotopic (exact) mass is 442 g/mol.